The minimum atomic E-state index is -0.610. The average molecular weight is 308 g/mol. The highest BCUT2D eigenvalue weighted by Crippen LogP contribution is 2.15. The highest BCUT2D eigenvalue weighted by atomic mass is 16.6. The molecular weight excluding hydrogens is 288 g/mol. The van der Waals surface area contributed by atoms with E-state index < -0.39 is 17.1 Å². The molecule has 2 amide bonds. The number of urea groups is 1. The number of anilines is 1. The fourth-order valence-electron chi connectivity index (χ4n) is 2.38. The third kappa shape index (κ3) is 4.97. The number of nitrogens with one attached hydrogen (secondary N) is 2. The zero-order chi connectivity index (χ0) is 15.9. The number of aliphatic hydroxyl groups excluding tert-OH is 1. The second-order valence-corrected chi connectivity index (χ2v) is 5.30. The molecule has 1 heterocycles. The number of hydrogen-bond acceptors (Lipinski definition) is 5. The molecule has 22 heavy (non-hydrogen) atoms. The Morgan fingerprint density at radius 1 is 1.32 bits per heavy atom. The number of nitrogens with zero attached hydrogens (tertiary/aromatic N) is 2. The summed E-state index contributed by atoms with van der Waals surface area (Å²) in [5.41, 5.74) is 0.420. The van der Waals surface area contributed by atoms with Crippen molar-refractivity contribution in [1.82, 2.24) is 10.2 Å². The zero-order valence-corrected chi connectivity index (χ0v) is 12.2. The van der Waals surface area contributed by atoms with Gasteiger partial charge in [0.1, 0.15) is 0 Å². The number of amides is 2. The van der Waals surface area contributed by atoms with E-state index in [-0.39, 0.29) is 12.2 Å². The molecule has 1 aliphatic rings. The lowest BCUT2D eigenvalue weighted by Gasteiger charge is -2.19. The number of rotatable bonds is 6. The molecule has 2 rings (SSSR count). The van der Waals surface area contributed by atoms with Crippen LogP contribution in [0.5, 0.6) is 0 Å². The number of carbonyl (C=O) groups excluding carboxylic acids is 1. The lowest BCUT2D eigenvalue weighted by molar-refractivity contribution is -0.384. The Kier molecular flexibility index (Phi) is 5.68. The van der Waals surface area contributed by atoms with Crippen LogP contribution in [0.3, 0.4) is 0 Å². The molecule has 1 aromatic carbocycles. The second-order valence-electron chi connectivity index (χ2n) is 5.30. The highest BCUT2D eigenvalue weighted by molar-refractivity contribution is 5.89. The molecule has 0 aromatic heterocycles. The van der Waals surface area contributed by atoms with Crippen LogP contribution in [0.25, 0.3) is 0 Å². The molecule has 0 saturated carbocycles. The van der Waals surface area contributed by atoms with E-state index in [9.17, 15) is 20.0 Å². The maximum atomic E-state index is 11.7. The van der Waals surface area contributed by atoms with Crippen LogP contribution < -0.4 is 10.6 Å². The Hall–Kier alpha value is -2.19. The first-order valence-electron chi connectivity index (χ1n) is 7.24. The van der Waals surface area contributed by atoms with Gasteiger partial charge in [-0.15, -0.1) is 0 Å². The van der Waals surface area contributed by atoms with Crippen LogP contribution in [-0.2, 0) is 0 Å². The lowest BCUT2D eigenvalue weighted by Crippen LogP contribution is -2.40. The number of non-ortho nitro benzene ring substituents is 1. The third-order valence-electron chi connectivity index (χ3n) is 3.50. The summed E-state index contributed by atoms with van der Waals surface area (Å²) in [5, 5.41) is 25.5. The molecule has 0 unspecified atom stereocenters. The van der Waals surface area contributed by atoms with E-state index in [4.69, 9.17) is 0 Å². The lowest BCUT2D eigenvalue weighted by atomic mass is 10.3. The maximum Gasteiger partial charge on any atom is 0.319 e. The van der Waals surface area contributed by atoms with Crippen molar-refractivity contribution >= 4 is 17.4 Å². The van der Waals surface area contributed by atoms with Crippen molar-refractivity contribution in [2.45, 2.75) is 18.9 Å². The Bertz CT molecular complexity index is 514. The zero-order valence-electron chi connectivity index (χ0n) is 12.2. The molecule has 1 atom stereocenters. The van der Waals surface area contributed by atoms with E-state index >= 15 is 0 Å². The van der Waals surface area contributed by atoms with Crippen LogP contribution >= 0.6 is 0 Å². The molecule has 120 valence electrons. The predicted octanol–water partition coefficient (Wildman–Crippen LogP) is 1.17. The van der Waals surface area contributed by atoms with Crippen LogP contribution in [0.4, 0.5) is 16.2 Å². The fourth-order valence-corrected chi connectivity index (χ4v) is 2.38. The van der Waals surface area contributed by atoms with E-state index in [0.29, 0.717) is 12.2 Å². The van der Waals surface area contributed by atoms with E-state index in [0.717, 1.165) is 25.9 Å². The van der Waals surface area contributed by atoms with Gasteiger partial charge in [-0.3, -0.25) is 10.1 Å². The third-order valence-corrected chi connectivity index (χ3v) is 3.50. The molecule has 0 spiro atoms. The predicted molar refractivity (Wildman–Crippen MR) is 81.8 cm³/mol. The molecule has 3 N–H and O–H groups in total. The van der Waals surface area contributed by atoms with Crippen molar-refractivity contribution < 1.29 is 14.8 Å². The molecule has 0 aliphatic carbocycles. The Balaban J connectivity index is 1.71. The van der Waals surface area contributed by atoms with Gasteiger partial charge in [-0.1, -0.05) is 0 Å². The summed E-state index contributed by atoms with van der Waals surface area (Å²) in [4.78, 5) is 23.9. The van der Waals surface area contributed by atoms with Crippen LogP contribution in [0.2, 0.25) is 0 Å². The van der Waals surface area contributed by atoms with Gasteiger partial charge < -0.3 is 20.6 Å². The Labute approximate surface area is 128 Å². The van der Waals surface area contributed by atoms with Crippen molar-refractivity contribution in [1.29, 1.82) is 0 Å². The molecule has 1 aromatic rings. The summed E-state index contributed by atoms with van der Waals surface area (Å²) in [6.07, 6.45) is 1.70. The SMILES string of the molecule is O=C(NC[C@@H](O)CN1CCCC1)Nc1ccc([N+](=O)[O-])cc1. The smallest absolute Gasteiger partial charge is 0.319 e. The van der Waals surface area contributed by atoms with Crippen molar-refractivity contribution in [2.24, 2.45) is 0 Å². The van der Waals surface area contributed by atoms with Gasteiger partial charge in [0, 0.05) is 30.9 Å². The van der Waals surface area contributed by atoms with E-state index in [1.165, 1.54) is 24.3 Å². The monoisotopic (exact) mass is 308 g/mol. The average Bonchev–Trinajstić information content (AvgIpc) is 2.98. The number of nitro benzene ring substituents is 1. The van der Waals surface area contributed by atoms with Crippen molar-refractivity contribution in [3.63, 3.8) is 0 Å². The standard InChI is InChI=1S/C14H20N4O4/c19-13(10-17-7-1-2-8-17)9-15-14(20)16-11-3-5-12(6-4-11)18(21)22/h3-6,13,19H,1-2,7-10H2,(H2,15,16,20)/t13-/m1/s1. The number of aliphatic hydroxyl groups is 1. The van der Waals surface area contributed by atoms with Crippen LogP contribution in [0, 0.1) is 10.1 Å². The summed E-state index contributed by atoms with van der Waals surface area (Å²) < 4.78 is 0. The topological polar surface area (TPSA) is 108 Å². The number of nitro groups is 1. The van der Waals surface area contributed by atoms with Crippen LogP contribution in [0.1, 0.15) is 12.8 Å². The molecule has 8 nitrogen and oxygen atoms in total. The van der Waals surface area contributed by atoms with E-state index in [1.54, 1.807) is 0 Å². The van der Waals surface area contributed by atoms with Crippen molar-refractivity contribution in [3.05, 3.63) is 34.4 Å². The number of β-amino-alcohol motifs (C(OH)–C–C–N with tert-alkyl or cyclic N) is 1. The van der Waals surface area contributed by atoms with E-state index in [2.05, 4.69) is 15.5 Å². The van der Waals surface area contributed by atoms with Gasteiger partial charge in [0.05, 0.1) is 11.0 Å². The first kappa shape index (κ1) is 16.2. The maximum absolute atomic E-state index is 11.7. The minimum absolute atomic E-state index is 0.0352. The van der Waals surface area contributed by atoms with Gasteiger partial charge in [-0.25, -0.2) is 4.79 Å². The van der Waals surface area contributed by atoms with Gasteiger partial charge in [-0.05, 0) is 38.1 Å². The summed E-state index contributed by atoms with van der Waals surface area (Å²) in [6.45, 7) is 2.70. The highest BCUT2D eigenvalue weighted by Gasteiger charge is 2.16. The Morgan fingerprint density at radius 3 is 2.55 bits per heavy atom. The van der Waals surface area contributed by atoms with Crippen LogP contribution in [0.15, 0.2) is 24.3 Å². The normalized spacial score (nSPS) is 16.2. The summed E-state index contributed by atoms with van der Waals surface area (Å²) >= 11 is 0. The van der Waals surface area contributed by atoms with Gasteiger partial charge in [-0.2, -0.15) is 0 Å². The van der Waals surface area contributed by atoms with Gasteiger partial charge >= 0.3 is 6.03 Å². The molecular formula is C14H20N4O4. The second kappa shape index (κ2) is 7.71. The molecule has 1 fully saturated rings. The summed E-state index contributed by atoms with van der Waals surface area (Å²) in [5.74, 6) is 0. The number of carbonyl (C=O) groups is 1. The fraction of sp³-hybridized carbons (Fsp3) is 0.500. The van der Waals surface area contributed by atoms with Gasteiger partial charge in [0.2, 0.25) is 0 Å². The molecule has 1 saturated heterocycles. The van der Waals surface area contributed by atoms with Crippen LogP contribution in [-0.4, -0.2) is 53.2 Å². The largest absolute Gasteiger partial charge is 0.390 e. The van der Waals surface area contributed by atoms with Gasteiger partial charge in [0.25, 0.3) is 5.69 Å². The number of benzene rings is 1. The minimum Gasteiger partial charge on any atom is -0.390 e. The van der Waals surface area contributed by atoms with Crippen molar-refractivity contribution in [2.75, 3.05) is 31.5 Å². The summed E-state index contributed by atoms with van der Waals surface area (Å²) in [6, 6.07) is 5.10. The quantitative estimate of drug-likeness (QED) is 0.540. The van der Waals surface area contributed by atoms with E-state index in [1.807, 2.05) is 0 Å². The Morgan fingerprint density at radius 2 is 1.95 bits per heavy atom. The summed E-state index contributed by atoms with van der Waals surface area (Å²) in [7, 11) is 0. The van der Waals surface area contributed by atoms with Crippen molar-refractivity contribution in [3.8, 4) is 0 Å². The first-order chi connectivity index (χ1) is 10.5. The van der Waals surface area contributed by atoms with Gasteiger partial charge in [0.15, 0.2) is 0 Å². The molecule has 0 radical (unpaired) electrons. The number of likely N-dealkylation sites (tertiary alicyclic amines) is 1. The molecule has 8 heteroatoms. The number of hydrogen-bond donors (Lipinski definition) is 3. The molecule has 0 bridgehead atoms. The first-order valence-corrected chi connectivity index (χ1v) is 7.24. The molecule has 1 aliphatic heterocycles.